The predicted molar refractivity (Wildman–Crippen MR) is 103 cm³/mol. The van der Waals surface area contributed by atoms with E-state index < -0.39 is 12.2 Å². The fourth-order valence-corrected chi connectivity index (χ4v) is 2.45. The Morgan fingerprint density at radius 3 is 2.59 bits per heavy atom. The predicted octanol–water partition coefficient (Wildman–Crippen LogP) is 2.67. The van der Waals surface area contributed by atoms with Crippen LogP contribution in [0.2, 0.25) is 0 Å². The van der Waals surface area contributed by atoms with Gasteiger partial charge in [-0.3, -0.25) is 0 Å². The van der Waals surface area contributed by atoms with Crippen molar-refractivity contribution in [3.63, 3.8) is 0 Å². The Hall–Kier alpha value is -2.57. The molecule has 1 amide bonds. The first-order valence-electron chi connectivity index (χ1n) is 9.12. The van der Waals surface area contributed by atoms with E-state index in [9.17, 15) is 9.90 Å². The van der Waals surface area contributed by atoms with Crippen LogP contribution >= 0.6 is 0 Å². The van der Waals surface area contributed by atoms with Gasteiger partial charge in [-0.05, 0) is 42.5 Å². The van der Waals surface area contributed by atoms with Gasteiger partial charge in [0.2, 0.25) is 0 Å². The number of alkyl carbamates (subject to hydrolysis) is 1. The molecular formula is C21H27NO5. The lowest BCUT2D eigenvalue weighted by Crippen LogP contribution is -2.25. The highest BCUT2D eigenvalue weighted by molar-refractivity contribution is 5.67. The molecule has 0 bridgehead atoms. The van der Waals surface area contributed by atoms with Gasteiger partial charge in [0.25, 0.3) is 0 Å². The van der Waals surface area contributed by atoms with Crippen molar-refractivity contribution >= 4 is 6.09 Å². The molecule has 0 aromatic heterocycles. The van der Waals surface area contributed by atoms with Gasteiger partial charge in [-0.25, -0.2) is 4.79 Å². The zero-order valence-electron chi connectivity index (χ0n) is 15.3. The van der Waals surface area contributed by atoms with Gasteiger partial charge in [-0.15, -0.1) is 0 Å². The number of unbranched alkanes of at least 4 members (excludes halogenated alkanes) is 1. The van der Waals surface area contributed by atoms with E-state index in [2.05, 4.69) is 5.32 Å². The fourth-order valence-electron chi connectivity index (χ4n) is 2.45. The summed E-state index contributed by atoms with van der Waals surface area (Å²) in [7, 11) is 0. The second-order valence-electron chi connectivity index (χ2n) is 6.24. The largest absolute Gasteiger partial charge is 0.491 e. The van der Waals surface area contributed by atoms with Crippen LogP contribution in [0, 0.1) is 0 Å². The third-order valence-electron chi connectivity index (χ3n) is 3.93. The molecule has 3 N–H and O–H groups in total. The number of hydrogen-bond acceptors (Lipinski definition) is 5. The van der Waals surface area contributed by atoms with Crippen molar-refractivity contribution in [3.05, 3.63) is 65.7 Å². The number of carbonyl (C=O) groups excluding carboxylic acids is 1. The molecule has 0 spiro atoms. The molecule has 146 valence electrons. The molecule has 0 saturated heterocycles. The Balaban J connectivity index is 1.59. The summed E-state index contributed by atoms with van der Waals surface area (Å²) >= 11 is 0. The molecule has 2 aromatic rings. The molecule has 0 saturated carbocycles. The van der Waals surface area contributed by atoms with Crippen LogP contribution in [-0.4, -0.2) is 42.2 Å². The molecule has 0 radical (unpaired) electrons. The Labute approximate surface area is 159 Å². The normalized spacial score (nSPS) is 11.6. The van der Waals surface area contributed by atoms with E-state index in [4.69, 9.17) is 14.6 Å². The number of nitrogens with one attached hydrogen (secondary N) is 1. The molecule has 0 fully saturated rings. The third kappa shape index (κ3) is 8.57. The van der Waals surface area contributed by atoms with Gasteiger partial charge in [0.05, 0.1) is 6.61 Å². The summed E-state index contributed by atoms with van der Waals surface area (Å²) in [5, 5.41) is 20.9. The van der Waals surface area contributed by atoms with Crippen LogP contribution < -0.4 is 10.1 Å². The van der Waals surface area contributed by atoms with E-state index >= 15 is 0 Å². The standard InChI is InChI=1S/C21H27NO5/c23-14-19(24)16-26-20-11-6-10-17(13-20)7-4-5-12-22-21(25)27-15-18-8-2-1-3-9-18/h1-3,6,8-11,13,19,23-24H,4-5,7,12,14-16H2,(H,22,25). The number of benzene rings is 2. The lowest BCUT2D eigenvalue weighted by atomic mass is 10.1. The van der Waals surface area contributed by atoms with E-state index in [1.54, 1.807) is 0 Å². The molecule has 1 atom stereocenters. The maximum atomic E-state index is 11.7. The summed E-state index contributed by atoms with van der Waals surface area (Å²) in [5.74, 6) is 0.669. The first kappa shape index (κ1) is 20.7. The SMILES string of the molecule is O=C(NCCCCc1cccc(OCC(O)CO)c1)OCc1ccccc1. The molecule has 0 heterocycles. The number of amides is 1. The van der Waals surface area contributed by atoms with Crippen LogP contribution in [0.1, 0.15) is 24.0 Å². The van der Waals surface area contributed by atoms with Gasteiger partial charge in [0, 0.05) is 6.54 Å². The van der Waals surface area contributed by atoms with Crippen molar-refractivity contribution in [1.82, 2.24) is 5.32 Å². The molecule has 6 nitrogen and oxygen atoms in total. The van der Waals surface area contributed by atoms with E-state index in [1.807, 2.05) is 54.6 Å². The summed E-state index contributed by atoms with van der Waals surface area (Å²) in [6.45, 7) is 0.576. The average Bonchev–Trinajstić information content (AvgIpc) is 2.71. The molecule has 0 aliphatic rings. The Kier molecular flexibility index (Phi) is 9.17. The highest BCUT2D eigenvalue weighted by Crippen LogP contribution is 2.15. The second kappa shape index (κ2) is 11.9. The Morgan fingerprint density at radius 1 is 1.04 bits per heavy atom. The molecular weight excluding hydrogens is 346 g/mol. The minimum Gasteiger partial charge on any atom is -0.491 e. The highest BCUT2D eigenvalue weighted by atomic mass is 16.5. The van der Waals surface area contributed by atoms with Crippen LogP contribution in [0.4, 0.5) is 4.79 Å². The van der Waals surface area contributed by atoms with Crippen molar-refractivity contribution in [2.24, 2.45) is 0 Å². The number of aryl methyl sites for hydroxylation is 1. The van der Waals surface area contributed by atoms with Crippen molar-refractivity contribution in [2.75, 3.05) is 19.8 Å². The lowest BCUT2D eigenvalue weighted by molar-refractivity contribution is 0.0536. The molecule has 0 aliphatic carbocycles. The van der Waals surface area contributed by atoms with Gasteiger partial charge >= 0.3 is 6.09 Å². The summed E-state index contributed by atoms with van der Waals surface area (Å²) in [5.41, 5.74) is 2.08. The van der Waals surface area contributed by atoms with E-state index in [-0.39, 0.29) is 19.8 Å². The van der Waals surface area contributed by atoms with Crippen LogP contribution in [0.25, 0.3) is 0 Å². The minimum atomic E-state index is -0.874. The molecule has 2 rings (SSSR count). The topological polar surface area (TPSA) is 88.0 Å². The maximum absolute atomic E-state index is 11.7. The highest BCUT2D eigenvalue weighted by Gasteiger charge is 2.04. The van der Waals surface area contributed by atoms with Crippen LogP contribution in [0.3, 0.4) is 0 Å². The van der Waals surface area contributed by atoms with E-state index in [0.717, 1.165) is 30.4 Å². The summed E-state index contributed by atoms with van der Waals surface area (Å²) in [6.07, 6.45) is 1.34. The van der Waals surface area contributed by atoms with Gasteiger partial charge in [0.15, 0.2) is 0 Å². The Morgan fingerprint density at radius 2 is 1.81 bits per heavy atom. The van der Waals surface area contributed by atoms with E-state index in [0.29, 0.717) is 12.3 Å². The van der Waals surface area contributed by atoms with Crippen LogP contribution in [-0.2, 0) is 17.8 Å². The van der Waals surface area contributed by atoms with Crippen molar-refractivity contribution in [3.8, 4) is 5.75 Å². The molecule has 0 aliphatic heterocycles. The smallest absolute Gasteiger partial charge is 0.407 e. The fraction of sp³-hybridized carbons (Fsp3) is 0.381. The molecule has 1 unspecified atom stereocenters. The second-order valence-corrected chi connectivity index (χ2v) is 6.24. The van der Waals surface area contributed by atoms with Crippen LogP contribution in [0.5, 0.6) is 5.75 Å². The zero-order valence-corrected chi connectivity index (χ0v) is 15.3. The number of aliphatic hydroxyl groups is 2. The molecule has 6 heteroatoms. The number of ether oxygens (including phenoxy) is 2. The summed E-state index contributed by atoms with van der Waals surface area (Å²) < 4.78 is 10.6. The maximum Gasteiger partial charge on any atom is 0.407 e. The zero-order chi connectivity index (χ0) is 19.3. The summed E-state index contributed by atoms with van der Waals surface area (Å²) in [6, 6.07) is 17.2. The van der Waals surface area contributed by atoms with E-state index in [1.165, 1.54) is 0 Å². The first-order chi connectivity index (χ1) is 13.2. The number of aliphatic hydroxyl groups excluding tert-OH is 2. The van der Waals surface area contributed by atoms with Crippen LogP contribution in [0.15, 0.2) is 54.6 Å². The van der Waals surface area contributed by atoms with Gasteiger partial charge in [-0.1, -0.05) is 42.5 Å². The first-order valence-corrected chi connectivity index (χ1v) is 9.12. The molecule has 27 heavy (non-hydrogen) atoms. The third-order valence-corrected chi connectivity index (χ3v) is 3.93. The monoisotopic (exact) mass is 373 g/mol. The Bertz CT molecular complexity index is 677. The number of hydrogen-bond donors (Lipinski definition) is 3. The van der Waals surface area contributed by atoms with Crippen molar-refractivity contribution < 1.29 is 24.5 Å². The van der Waals surface area contributed by atoms with Crippen molar-refractivity contribution in [1.29, 1.82) is 0 Å². The summed E-state index contributed by atoms with van der Waals surface area (Å²) in [4.78, 5) is 11.7. The number of carbonyl (C=O) groups is 1. The number of rotatable bonds is 11. The molecule has 2 aromatic carbocycles. The van der Waals surface area contributed by atoms with Crippen molar-refractivity contribution in [2.45, 2.75) is 32.0 Å². The lowest BCUT2D eigenvalue weighted by Gasteiger charge is -2.11. The minimum absolute atomic E-state index is 0.0645. The van der Waals surface area contributed by atoms with Gasteiger partial charge in [-0.2, -0.15) is 0 Å². The average molecular weight is 373 g/mol. The van der Waals surface area contributed by atoms with Gasteiger partial charge < -0.3 is 25.0 Å². The van der Waals surface area contributed by atoms with Gasteiger partial charge in [0.1, 0.15) is 25.1 Å². The quantitative estimate of drug-likeness (QED) is 0.527.